The number of nitrogens with one attached hydrogen (secondary N) is 1. The Balaban J connectivity index is 2.91. The van der Waals surface area contributed by atoms with Crippen molar-refractivity contribution in [3.05, 3.63) is 28.7 Å². The predicted molar refractivity (Wildman–Crippen MR) is 79.3 cm³/mol. The molecule has 0 amide bonds. The smallest absolute Gasteiger partial charge is 0.331 e. The molecule has 0 saturated heterocycles. The molecule has 0 fully saturated rings. The Labute approximate surface area is 122 Å². The maximum absolute atomic E-state index is 12.1. The molecule has 4 nitrogen and oxygen atoms in total. The third-order valence-electron chi connectivity index (χ3n) is 2.82. The molecule has 1 unspecified atom stereocenters. The first-order chi connectivity index (χ1) is 9.03. The fourth-order valence-corrected chi connectivity index (χ4v) is 2.06. The molecule has 1 atom stereocenters. The van der Waals surface area contributed by atoms with Crippen LogP contribution < -0.4 is 5.32 Å². The van der Waals surface area contributed by atoms with Crippen molar-refractivity contribution in [2.24, 2.45) is 0 Å². The van der Waals surface area contributed by atoms with Crippen LogP contribution in [0, 0.1) is 0 Å². The number of hydrogen-bond donors (Lipinski definition) is 1. The number of esters is 1. The van der Waals surface area contributed by atoms with Crippen LogP contribution in [0.25, 0.3) is 0 Å². The fraction of sp³-hybridized carbons (Fsp3) is 0.500. The van der Waals surface area contributed by atoms with Crippen LogP contribution in [0.2, 0.25) is 0 Å². The quantitative estimate of drug-likeness (QED) is 0.780. The van der Waals surface area contributed by atoms with Crippen molar-refractivity contribution in [3.63, 3.8) is 0 Å². The lowest BCUT2D eigenvalue weighted by Gasteiger charge is -2.29. The van der Waals surface area contributed by atoms with Crippen molar-refractivity contribution in [3.8, 4) is 0 Å². The number of anilines is 1. The fourth-order valence-electron chi connectivity index (χ4n) is 1.67. The summed E-state index contributed by atoms with van der Waals surface area (Å²) in [6.45, 7) is 4.46. The molecule has 1 rings (SSSR count). The lowest BCUT2D eigenvalue weighted by Crippen LogP contribution is -2.45. The Morgan fingerprint density at radius 2 is 2.11 bits per heavy atom. The lowest BCUT2D eigenvalue weighted by atomic mass is 9.97. The largest absolute Gasteiger partial charge is 0.464 e. The van der Waals surface area contributed by atoms with E-state index in [1.165, 1.54) is 0 Å². The van der Waals surface area contributed by atoms with Gasteiger partial charge in [-0.1, -0.05) is 12.1 Å². The first-order valence-electron chi connectivity index (χ1n) is 6.22. The van der Waals surface area contributed by atoms with E-state index in [0.717, 1.165) is 10.2 Å². The highest BCUT2D eigenvalue weighted by atomic mass is 79.9. The number of halogens is 1. The molecule has 0 heterocycles. The summed E-state index contributed by atoms with van der Waals surface area (Å²) < 4.78 is 11.1. The average molecular weight is 330 g/mol. The summed E-state index contributed by atoms with van der Waals surface area (Å²) in [5.74, 6) is -0.275. The van der Waals surface area contributed by atoms with Crippen LogP contribution in [0.4, 0.5) is 5.69 Å². The Hall–Kier alpha value is -1.07. The van der Waals surface area contributed by atoms with Gasteiger partial charge in [0, 0.05) is 30.3 Å². The minimum absolute atomic E-state index is 0.275. The van der Waals surface area contributed by atoms with Gasteiger partial charge in [-0.15, -0.1) is 0 Å². The first-order valence-corrected chi connectivity index (χ1v) is 7.01. The number of carbonyl (C=O) groups excluding carboxylic acids is 1. The molecule has 106 valence electrons. The van der Waals surface area contributed by atoms with Gasteiger partial charge in [-0.25, -0.2) is 4.79 Å². The molecule has 19 heavy (non-hydrogen) atoms. The van der Waals surface area contributed by atoms with Gasteiger partial charge in [0.25, 0.3) is 0 Å². The summed E-state index contributed by atoms with van der Waals surface area (Å²) in [4.78, 5) is 12.1. The highest BCUT2D eigenvalue weighted by molar-refractivity contribution is 9.10. The predicted octanol–water partition coefficient (Wildman–Crippen LogP) is 3.22. The number of ether oxygens (including phenoxy) is 2. The van der Waals surface area contributed by atoms with Gasteiger partial charge < -0.3 is 14.8 Å². The summed E-state index contributed by atoms with van der Waals surface area (Å²) >= 11 is 3.46. The molecule has 0 bridgehead atoms. The van der Waals surface area contributed by atoms with E-state index in [2.05, 4.69) is 21.2 Å². The third-order valence-corrected chi connectivity index (χ3v) is 3.51. The number of benzene rings is 1. The molecule has 0 saturated carbocycles. The van der Waals surface area contributed by atoms with E-state index in [1.807, 2.05) is 31.2 Å². The van der Waals surface area contributed by atoms with Gasteiger partial charge >= 0.3 is 5.97 Å². The molecular formula is C14H20BrNO3. The van der Waals surface area contributed by atoms with E-state index in [1.54, 1.807) is 14.0 Å². The standard InChI is InChI=1S/C14H20BrNO3/c1-4-19-13(17)14(2,9-10-18-3)16-12-8-6-5-7-11(12)15/h5-8,16H,4,9-10H2,1-3H3. The zero-order valence-corrected chi connectivity index (χ0v) is 13.1. The van der Waals surface area contributed by atoms with E-state index < -0.39 is 5.54 Å². The van der Waals surface area contributed by atoms with Crippen molar-refractivity contribution in [1.82, 2.24) is 0 Å². The summed E-state index contributed by atoms with van der Waals surface area (Å²) in [6.07, 6.45) is 0.531. The molecule has 0 spiro atoms. The second kappa shape index (κ2) is 7.50. The Bertz CT molecular complexity index is 425. The van der Waals surface area contributed by atoms with Crippen molar-refractivity contribution >= 4 is 27.6 Å². The van der Waals surface area contributed by atoms with Crippen LogP contribution in [0.1, 0.15) is 20.3 Å². The number of para-hydroxylation sites is 1. The number of methoxy groups -OCH3 is 1. The van der Waals surface area contributed by atoms with Crippen molar-refractivity contribution in [2.75, 3.05) is 25.6 Å². The van der Waals surface area contributed by atoms with Crippen molar-refractivity contribution in [2.45, 2.75) is 25.8 Å². The topological polar surface area (TPSA) is 47.6 Å². The van der Waals surface area contributed by atoms with E-state index in [9.17, 15) is 4.79 Å². The molecular weight excluding hydrogens is 310 g/mol. The normalized spacial score (nSPS) is 13.7. The summed E-state index contributed by atoms with van der Waals surface area (Å²) in [7, 11) is 1.62. The van der Waals surface area contributed by atoms with Crippen LogP contribution in [0.5, 0.6) is 0 Å². The maximum Gasteiger partial charge on any atom is 0.331 e. The zero-order valence-electron chi connectivity index (χ0n) is 11.5. The van der Waals surface area contributed by atoms with E-state index in [-0.39, 0.29) is 5.97 Å². The second-order valence-corrected chi connectivity index (χ2v) is 5.25. The van der Waals surface area contributed by atoms with Gasteiger partial charge in [-0.3, -0.25) is 0 Å². The molecule has 1 N–H and O–H groups in total. The Morgan fingerprint density at radius 1 is 1.42 bits per heavy atom. The van der Waals surface area contributed by atoms with Gasteiger partial charge in [0.2, 0.25) is 0 Å². The third kappa shape index (κ3) is 4.51. The van der Waals surface area contributed by atoms with Gasteiger partial charge in [0.05, 0.1) is 6.61 Å². The van der Waals surface area contributed by atoms with Gasteiger partial charge in [0.1, 0.15) is 5.54 Å². The van der Waals surface area contributed by atoms with Crippen LogP contribution in [0.15, 0.2) is 28.7 Å². The van der Waals surface area contributed by atoms with E-state index in [4.69, 9.17) is 9.47 Å². The zero-order chi connectivity index (χ0) is 14.3. The van der Waals surface area contributed by atoms with Gasteiger partial charge in [0.15, 0.2) is 0 Å². The minimum Gasteiger partial charge on any atom is -0.464 e. The molecule has 0 aliphatic heterocycles. The molecule has 1 aromatic carbocycles. The highest BCUT2D eigenvalue weighted by Gasteiger charge is 2.34. The SMILES string of the molecule is CCOC(=O)C(C)(CCOC)Nc1ccccc1Br. The molecule has 0 aromatic heterocycles. The monoisotopic (exact) mass is 329 g/mol. The van der Waals surface area contributed by atoms with E-state index in [0.29, 0.717) is 19.6 Å². The minimum atomic E-state index is -0.810. The highest BCUT2D eigenvalue weighted by Crippen LogP contribution is 2.27. The molecule has 5 heteroatoms. The Morgan fingerprint density at radius 3 is 2.68 bits per heavy atom. The summed E-state index contributed by atoms with van der Waals surface area (Å²) in [5.41, 5.74) is 0.0461. The maximum atomic E-state index is 12.1. The summed E-state index contributed by atoms with van der Waals surface area (Å²) in [5, 5.41) is 3.24. The molecule has 0 radical (unpaired) electrons. The Kier molecular flexibility index (Phi) is 6.31. The number of hydrogen-bond acceptors (Lipinski definition) is 4. The van der Waals surface area contributed by atoms with Crippen LogP contribution in [-0.2, 0) is 14.3 Å². The lowest BCUT2D eigenvalue weighted by molar-refractivity contribution is -0.148. The molecule has 0 aliphatic carbocycles. The number of carbonyl (C=O) groups is 1. The number of rotatable bonds is 7. The van der Waals surface area contributed by atoms with Gasteiger partial charge in [-0.05, 0) is 41.9 Å². The average Bonchev–Trinajstić information content (AvgIpc) is 2.39. The van der Waals surface area contributed by atoms with Crippen LogP contribution in [0.3, 0.4) is 0 Å². The van der Waals surface area contributed by atoms with Gasteiger partial charge in [-0.2, -0.15) is 0 Å². The molecule has 0 aliphatic rings. The van der Waals surface area contributed by atoms with E-state index >= 15 is 0 Å². The van der Waals surface area contributed by atoms with Crippen molar-refractivity contribution in [1.29, 1.82) is 0 Å². The molecule has 1 aromatic rings. The van der Waals surface area contributed by atoms with Crippen molar-refractivity contribution < 1.29 is 14.3 Å². The first kappa shape index (κ1) is 16.0. The summed E-state index contributed by atoms with van der Waals surface area (Å²) in [6, 6.07) is 7.67. The second-order valence-electron chi connectivity index (χ2n) is 4.40. The van der Waals surface area contributed by atoms with Crippen LogP contribution >= 0.6 is 15.9 Å². The van der Waals surface area contributed by atoms with Crippen LogP contribution in [-0.4, -0.2) is 31.8 Å².